The van der Waals surface area contributed by atoms with Gasteiger partial charge in [0.2, 0.25) is 0 Å². The molecule has 0 aliphatic heterocycles. The zero-order valence-corrected chi connectivity index (χ0v) is 9.99. The third-order valence-electron chi connectivity index (χ3n) is 1.63. The van der Waals surface area contributed by atoms with E-state index in [2.05, 4.69) is 0 Å². The summed E-state index contributed by atoms with van der Waals surface area (Å²) >= 11 is 0. The molecule has 0 heterocycles. The first-order valence-electron chi connectivity index (χ1n) is 3.65. The summed E-state index contributed by atoms with van der Waals surface area (Å²) in [7, 11) is 2.87. The number of carboxylic acid groups (broad SMARTS) is 1. The van der Waals surface area contributed by atoms with Crippen LogP contribution in [0, 0.1) is 0 Å². The first-order chi connectivity index (χ1) is 6.20. The van der Waals surface area contributed by atoms with Crippen LogP contribution in [0.1, 0.15) is 10.4 Å². The molecule has 0 aliphatic rings. The van der Waals surface area contributed by atoms with Gasteiger partial charge in [0.1, 0.15) is 5.56 Å². The molecule has 0 aromatic heterocycles. The van der Waals surface area contributed by atoms with Crippen molar-refractivity contribution in [1.82, 2.24) is 0 Å². The van der Waals surface area contributed by atoms with E-state index in [4.69, 9.17) is 14.6 Å². The minimum atomic E-state index is -1.03. The normalized spacial score (nSPS) is 8.71. The zero-order valence-electron chi connectivity index (χ0n) is 7.72. The third kappa shape index (κ3) is 2.48. The first kappa shape index (κ1) is 13.0. The number of ether oxygens (including phenoxy) is 2. The maximum Gasteiger partial charge on any atom is 0.339 e. The summed E-state index contributed by atoms with van der Waals surface area (Å²) in [5.41, 5.74) is 0.0989. The second kappa shape index (κ2) is 5.65. The molecule has 0 radical (unpaired) electrons. The number of benzene rings is 1. The van der Waals surface area contributed by atoms with Crippen LogP contribution in [-0.2, 0) is 21.1 Å². The maximum atomic E-state index is 10.7. The largest absolute Gasteiger partial charge is 0.493 e. The number of hydrogen-bond acceptors (Lipinski definition) is 3. The van der Waals surface area contributed by atoms with Gasteiger partial charge in [0.05, 0.1) is 14.2 Å². The van der Waals surface area contributed by atoms with Gasteiger partial charge in [0.15, 0.2) is 11.5 Å². The number of carbonyl (C=O) groups is 1. The van der Waals surface area contributed by atoms with Crippen molar-refractivity contribution < 1.29 is 40.4 Å². The summed E-state index contributed by atoms with van der Waals surface area (Å²) in [6.07, 6.45) is 0. The standard InChI is InChI=1S/C9H10O4.Pt/c1-12-7-5-3-4-6(9(10)11)8(7)13-2;/h3-5H,1-2H3,(H,10,11);. The van der Waals surface area contributed by atoms with E-state index in [1.165, 1.54) is 20.3 Å². The van der Waals surface area contributed by atoms with Crippen molar-refractivity contribution in [1.29, 1.82) is 0 Å². The van der Waals surface area contributed by atoms with Crippen molar-refractivity contribution in [3.63, 3.8) is 0 Å². The molecule has 0 saturated carbocycles. The molecule has 0 amide bonds. The molecule has 0 aliphatic carbocycles. The van der Waals surface area contributed by atoms with Crippen LogP contribution < -0.4 is 9.47 Å². The zero-order chi connectivity index (χ0) is 9.84. The summed E-state index contributed by atoms with van der Waals surface area (Å²) in [6.45, 7) is 0. The second-order valence-electron chi connectivity index (χ2n) is 2.35. The molecule has 4 nitrogen and oxygen atoms in total. The minimum absolute atomic E-state index is 0. The van der Waals surface area contributed by atoms with Crippen LogP contribution in [0.5, 0.6) is 11.5 Å². The van der Waals surface area contributed by atoms with E-state index < -0.39 is 5.97 Å². The summed E-state index contributed by atoms with van der Waals surface area (Å²) in [5, 5.41) is 8.78. The predicted molar refractivity (Wildman–Crippen MR) is 46.5 cm³/mol. The quantitative estimate of drug-likeness (QED) is 0.866. The fraction of sp³-hybridized carbons (Fsp3) is 0.222. The van der Waals surface area contributed by atoms with E-state index in [0.717, 1.165) is 0 Å². The monoisotopic (exact) mass is 377 g/mol. The Morgan fingerprint density at radius 3 is 2.36 bits per heavy atom. The molecule has 1 aromatic carbocycles. The van der Waals surface area contributed by atoms with Crippen molar-refractivity contribution in [3.05, 3.63) is 23.8 Å². The number of rotatable bonds is 3. The Labute approximate surface area is 96.1 Å². The molecule has 0 bridgehead atoms. The molecule has 0 spiro atoms. The molecule has 0 atom stereocenters. The Kier molecular flexibility index (Phi) is 5.24. The van der Waals surface area contributed by atoms with Gasteiger partial charge in [0.25, 0.3) is 0 Å². The third-order valence-corrected chi connectivity index (χ3v) is 1.63. The predicted octanol–water partition coefficient (Wildman–Crippen LogP) is 1.40. The summed E-state index contributed by atoms with van der Waals surface area (Å²) in [4.78, 5) is 10.7. The van der Waals surface area contributed by atoms with Gasteiger partial charge in [-0.25, -0.2) is 4.79 Å². The number of methoxy groups -OCH3 is 2. The van der Waals surface area contributed by atoms with Crippen LogP contribution in [0.4, 0.5) is 0 Å². The van der Waals surface area contributed by atoms with Crippen LogP contribution in [0.3, 0.4) is 0 Å². The minimum Gasteiger partial charge on any atom is -0.493 e. The van der Waals surface area contributed by atoms with Gasteiger partial charge in [-0.2, -0.15) is 0 Å². The number of hydrogen-bond donors (Lipinski definition) is 1. The van der Waals surface area contributed by atoms with Gasteiger partial charge in [-0.05, 0) is 12.1 Å². The van der Waals surface area contributed by atoms with Crippen molar-refractivity contribution in [3.8, 4) is 11.5 Å². The van der Waals surface area contributed by atoms with Crippen molar-refractivity contribution in [2.45, 2.75) is 0 Å². The number of carboxylic acids is 1. The van der Waals surface area contributed by atoms with Gasteiger partial charge >= 0.3 is 5.97 Å². The topological polar surface area (TPSA) is 55.8 Å². The van der Waals surface area contributed by atoms with E-state index >= 15 is 0 Å². The van der Waals surface area contributed by atoms with Crippen molar-refractivity contribution >= 4 is 5.97 Å². The SMILES string of the molecule is COc1cccc(C(=O)O)c1OC.[Pt]. The second-order valence-corrected chi connectivity index (χ2v) is 2.35. The average Bonchev–Trinajstić information content (AvgIpc) is 2.16. The van der Waals surface area contributed by atoms with Crippen LogP contribution in [-0.4, -0.2) is 25.3 Å². The fourth-order valence-electron chi connectivity index (χ4n) is 1.06. The Morgan fingerprint density at radius 2 is 1.93 bits per heavy atom. The smallest absolute Gasteiger partial charge is 0.339 e. The Bertz CT molecular complexity index is 325. The van der Waals surface area contributed by atoms with Gasteiger partial charge in [-0.15, -0.1) is 0 Å². The fourth-order valence-corrected chi connectivity index (χ4v) is 1.06. The van der Waals surface area contributed by atoms with Gasteiger partial charge in [-0.1, -0.05) is 6.07 Å². The van der Waals surface area contributed by atoms with Gasteiger partial charge in [-0.3, -0.25) is 0 Å². The van der Waals surface area contributed by atoms with E-state index in [0.29, 0.717) is 5.75 Å². The van der Waals surface area contributed by atoms with Gasteiger partial charge in [0, 0.05) is 21.1 Å². The van der Waals surface area contributed by atoms with Crippen LogP contribution in [0.2, 0.25) is 0 Å². The summed E-state index contributed by atoms with van der Waals surface area (Å²) in [5.74, 6) is -0.365. The molecule has 0 unspecified atom stereocenters. The van der Waals surface area contributed by atoms with Crippen LogP contribution in [0.25, 0.3) is 0 Å². The molecule has 1 aromatic rings. The Balaban J connectivity index is 0.00000169. The number of aromatic carboxylic acids is 1. The average molecular weight is 377 g/mol. The van der Waals surface area contributed by atoms with E-state index in [1.54, 1.807) is 12.1 Å². The first-order valence-corrected chi connectivity index (χ1v) is 3.65. The van der Waals surface area contributed by atoms with E-state index in [9.17, 15) is 4.79 Å². The molecular weight excluding hydrogens is 367 g/mol. The van der Waals surface area contributed by atoms with Crippen LogP contribution >= 0.6 is 0 Å². The van der Waals surface area contributed by atoms with Crippen LogP contribution in [0.15, 0.2) is 18.2 Å². The Morgan fingerprint density at radius 1 is 1.29 bits per heavy atom. The van der Waals surface area contributed by atoms with Crippen molar-refractivity contribution in [2.24, 2.45) is 0 Å². The molecule has 0 saturated heterocycles. The molecule has 1 rings (SSSR count). The van der Waals surface area contributed by atoms with Gasteiger partial charge < -0.3 is 14.6 Å². The summed E-state index contributed by atoms with van der Waals surface area (Å²) < 4.78 is 9.86. The van der Waals surface area contributed by atoms with Crippen molar-refractivity contribution in [2.75, 3.05) is 14.2 Å². The molecule has 1 N–H and O–H groups in total. The molecule has 80 valence electrons. The molecule has 14 heavy (non-hydrogen) atoms. The molecule has 0 fully saturated rings. The Hall–Kier alpha value is -1.02. The molecule has 5 heteroatoms. The molecular formula is C9H10O4Pt. The van der Waals surface area contributed by atoms with E-state index in [1.807, 2.05) is 0 Å². The van der Waals surface area contributed by atoms with E-state index in [-0.39, 0.29) is 32.4 Å². The summed E-state index contributed by atoms with van der Waals surface area (Å²) in [6, 6.07) is 4.71. The number of para-hydroxylation sites is 1. The maximum absolute atomic E-state index is 10.7.